The van der Waals surface area contributed by atoms with Crippen LogP contribution in [0.25, 0.3) is 0 Å². The first-order chi connectivity index (χ1) is 7.84. The molecule has 0 saturated heterocycles. The summed E-state index contributed by atoms with van der Waals surface area (Å²) in [4.78, 5) is 4.19. The number of ether oxygens (including phenoxy) is 1. The van der Waals surface area contributed by atoms with Crippen LogP contribution in [0.5, 0.6) is 5.75 Å². The Bertz CT molecular complexity index is 402. The maximum absolute atomic E-state index is 5.95. The van der Waals surface area contributed by atoms with E-state index < -0.39 is 0 Å². The van der Waals surface area contributed by atoms with Crippen LogP contribution in [0.4, 0.5) is 0 Å². The van der Waals surface area contributed by atoms with Crippen molar-refractivity contribution >= 4 is 11.3 Å². The highest BCUT2D eigenvalue weighted by Gasteiger charge is 2.06. The van der Waals surface area contributed by atoms with Crippen LogP contribution >= 0.6 is 11.3 Å². The molecule has 1 aromatic carbocycles. The Morgan fingerprint density at radius 1 is 1.31 bits per heavy atom. The second kappa shape index (κ2) is 5.63. The fourth-order valence-corrected chi connectivity index (χ4v) is 2.07. The first-order valence-electron chi connectivity index (χ1n) is 5.16. The largest absolute Gasteiger partial charge is 0.492 e. The van der Waals surface area contributed by atoms with Gasteiger partial charge in [0.2, 0.25) is 0 Å². The van der Waals surface area contributed by atoms with Crippen molar-refractivity contribution in [2.45, 2.75) is 12.5 Å². The zero-order chi connectivity index (χ0) is 11.2. The topological polar surface area (TPSA) is 48.1 Å². The average Bonchev–Trinajstić information content (AvgIpc) is 2.81. The van der Waals surface area contributed by atoms with Crippen LogP contribution in [-0.2, 0) is 6.42 Å². The molecule has 2 aromatic rings. The zero-order valence-electron chi connectivity index (χ0n) is 8.87. The summed E-state index contributed by atoms with van der Waals surface area (Å²) in [7, 11) is 0. The van der Waals surface area contributed by atoms with Crippen LogP contribution in [0.1, 0.15) is 5.01 Å². The van der Waals surface area contributed by atoms with Crippen molar-refractivity contribution < 1.29 is 4.74 Å². The van der Waals surface area contributed by atoms with Crippen molar-refractivity contribution in [3.63, 3.8) is 0 Å². The molecule has 0 saturated carbocycles. The number of thiazole rings is 1. The number of hydrogen-bond acceptors (Lipinski definition) is 4. The molecule has 1 heterocycles. The fraction of sp³-hybridized carbons (Fsp3) is 0.250. The van der Waals surface area contributed by atoms with E-state index in [0.29, 0.717) is 6.61 Å². The molecule has 4 heteroatoms. The molecule has 0 bridgehead atoms. The standard InChI is InChI=1S/C12H14N2OS/c13-10(8-12-14-6-7-16-12)9-15-11-4-2-1-3-5-11/h1-7,10H,8-9,13H2. The van der Waals surface area contributed by atoms with E-state index in [9.17, 15) is 0 Å². The van der Waals surface area contributed by atoms with Gasteiger partial charge in [0.05, 0.1) is 5.01 Å². The van der Waals surface area contributed by atoms with Gasteiger partial charge in [-0.3, -0.25) is 0 Å². The number of benzene rings is 1. The van der Waals surface area contributed by atoms with Gasteiger partial charge in [-0.1, -0.05) is 18.2 Å². The highest BCUT2D eigenvalue weighted by atomic mass is 32.1. The lowest BCUT2D eigenvalue weighted by atomic mass is 10.2. The molecule has 0 aliphatic heterocycles. The molecule has 0 amide bonds. The average molecular weight is 234 g/mol. The number of aromatic nitrogens is 1. The molecule has 2 rings (SSSR count). The number of rotatable bonds is 5. The monoisotopic (exact) mass is 234 g/mol. The van der Waals surface area contributed by atoms with Crippen molar-refractivity contribution in [2.24, 2.45) is 5.73 Å². The molecule has 1 unspecified atom stereocenters. The van der Waals surface area contributed by atoms with Crippen LogP contribution in [0.15, 0.2) is 41.9 Å². The molecule has 3 nitrogen and oxygen atoms in total. The van der Waals surface area contributed by atoms with Gasteiger partial charge in [-0.2, -0.15) is 0 Å². The van der Waals surface area contributed by atoms with E-state index >= 15 is 0 Å². The number of para-hydroxylation sites is 1. The summed E-state index contributed by atoms with van der Waals surface area (Å²) in [6.45, 7) is 0.517. The lowest BCUT2D eigenvalue weighted by Crippen LogP contribution is -2.30. The van der Waals surface area contributed by atoms with Gasteiger partial charge in [0, 0.05) is 24.0 Å². The van der Waals surface area contributed by atoms with Crippen molar-refractivity contribution in [3.05, 3.63) is 46.9 Å². The Morgan fingerprint density at radius 3 is 2.81 bits per heavy atom. The third-order valence-corrected chi connectivity index (χ3v) is 2.93. The fourth-order valence-electron chi connectivity index (χ4n) is 1.36. The lowest BCUT2D eigenvalue weighted by molar-refractivity contribution is 0.287. The minimum Gasteiger partial charge on any atom is -0.492 e. The van der Waals surface area contributed by atoms with Crippen LogP contribution in [-0.4, -0.2) is 17.6 Å². The first kappa shape index (κ1) is 11.1. The minimum atomic E-state index is -0.00800. The number of nitrogens with zero attached hydrogens (tertiary/aromatic N) is 1. The Hall–Kier alpha value is -1.39. The van der Waals surface area contributed by atoms with Gasteiger partial charge in [-0.15, -0.1) is 11.3 Å². The van der Waals surface area contributed by atoms with Gasteiger partial charge in [0.15, 0.2) is 0 Å². The highest BCUT2D eigenvalue weighted by Crippen LogP contribution is 2.10. The SMILES string of the molecule is NC(COc1ccccc1)Cc1nccs1. The van der Waals surface area contributed by atoms with Gasteiger partial charge in [-0.25, -0.2) is 4.98 Å². The molecular weight excluding hydrogens is 220 g/mol. The van der Waals surface area contributed by atoms with Crippen molar-refractivity contribution in [3.8, 4) is 5.75 Å². The summed E-state index contributed by atoms with van der Waals surface area (Å²) < 4.78 is 5.57. The quantitative estimate of drug-likeness (QED) is 0.861. The molecule has 1 atom stereocenters. The number of nitrogens with two attached hydrogens (primary N) is 1. The predicted octanol–water partition coefficient (Wildman–Crippen LogP) is 2.09. The maximum atomic E-state index is 5.95. The molecule has 0 aliphatic rings. The second-order valence-electron chi connectivity index (χ2n) is 3.51. The third-order valence-electron chi connectivity index (χ3n) is 2.13. The molecule has 0 spiro atoms. The van der Waals surface area contributed by atoms with Gasteiger partial charge in [-0.05, 0) is 12.1 Å². The van der Waals surface area contributed by atoms with Gasteiger partial charge in [0.1, 0.15) is 12.4 Å². The van der Waals surface area contributed by atoms with E-state index in [0.717, 1.165) is 17.2 Å². The summed E-state index contributed by atoms with van der Waals surface area (Å²) >= 11 is 1.63. The Kier molecular flexibility index (Phi) is 3.91. The molecule has 84 valence electrons. The molecule has 16 heavy (non-hydrogen) atoms. The second-order valence-corrected chi connectivity index (χ2v) is 4.49. The van der Waals surface area contributed by atoms with Crippen LogP contribution in [0, 0.1) is 0 Å². The van der Waals surface area contributed by atoms with Crippen molar-refractivity contribution in [1.82, 2.24) is 4.98 Å². The summed E-state index contributed by atoms with van der Waals surface area (Å²) in [5.74, 6) is 0.858. The van der Waals surface area contributed by atoms with E-state index in [-0.39, 0.29) is 6.04 Å². The highest BCUT2D eigenvalue weighted by molar-refractivity contribution is 7.09. The molecule has 2 N–H and O–H groups in total. The molecule has 0 aliphatic carbocycles. The van der Waals surface area contributed by atoms with Crippen LogP contribution in [0.2, 0.25) is 0 Å². The van der Waals surface area contributed by atoms with Crippen LogP contribution in [0.3, 0.4) is 0 Å². The Morgan fingerprint density at radius 2 is 2.12 bits per heavy atom. The zero-order valence-corrected chi connectivity index (χ0v) is 9.69. The van der Waals surface area contributed by atoms with Crippen molar-refractivity contribution in [1.29, 1.82) is 0 Å². The van der Waals surface area contributed by atoms with Gasteiger partial charge in [0.25, 0.3) is 0 Å². The minimum absolute atomic E-state index is 0.00800. The molecule has 0 radical (unpaired) electrons. The van der Waals surface area contributed by atoms with E-state index in [1.165, 1.54) is 0 Å². The Balaban J connectivity index is 1.78. The predicted molar refractivity (Wildman–Crippen MR) is 65.7 cm³/mol. The molecule has 0 fully saturated rings. The van der Waals surface area contributed by atoms with E-state index in [2.05, 4.69) is 4.98 Å². The lowest BCUT2D eigenvalue weighted by Gasteiger charge is -2.11. The maximum Gasteiger partial charge on any atom is 0.119 e. The molecular formula is C12H14N2OS. The van der Waals surface area contributed by atoms with Gasteiger partial charge < -0.3 is 10.5 Å². The third kappa shape index (κ3) is 3.32. The normalized spacial score (nSPS) is 12.3. The van der Waals surface area contributed by atoms with Crippen LogP contribution < -0.4 is 10.5 Å². The van der Waals surface area contributed by atoms with Gasteiger partial charge >= 0.3 is 0 Å². The molecule has 1 aromatic heterocycles. The summed E-state index contributed by atoms with van der Waals surface area (Å²) in [5.41, 5.74) is 5.95. The van der Waals surface area contributed by atoms with E-state index in [1.807, 2.05) is 35.7 Å². The van der Waals surface area contributed by atoms with Crippen molar-refractivity contribution in [2.75, 3.05) is 6.61 Å². The van der Waals surface area contributed by atoms with E-state index in [1.54, 1.807) is 17.5 Å². The smallest absolute Gasteiger partial charge is 0.119 e. The van der Waals surface area contributed by atoms with E-state index in [4.69, 9.17) is 10.5 Å². The first-order valence-corrected chi connectivity index (χ1v) is 6.04. The summed E-state index contributed by atoms with van der Waals surface area (Å²) in [6, 6.07) is 9.70. The Labute approximate surface area is 98.9 Å². The number of hydrogen-bond donors (Lipinski definition) is 1. The summed E-state index contributed by atoms with van der Waals surface area (Å²) in [6.07, 6.45) is 2.56. The summed E-state index contributed by atoms with van der Waals surface area (Å²) in [5, 5.41) is 3.02.